The predicted molar refractivity (Wildman–Crippen MR) is 200 cm³/mol. The third kappa shape index (κ3) is 11.4. The van der Waals surface area contributed by atoms with Crippen molar-refractivity contribution in [3.8, 4) is 0 Å². The molecule has 5 rings (SSSR count). The van der Waals surface area contributed by atoms with Gasteiger partial charge in [-0.2, -0.15) is 0 Å². The standard InChI is InChI=1S/C36H61N3O25/c1-9-20(47)26(53)27(54)35(56-9)64-31-30(63-33-17(37-10(2)44)24(51)21(48)13(5-40)58-33)23(50)15(7-42)59-36(31)61-28-16(8-43)60-34(18(25(28)52)38-11(3)45)62-29-19(39-12(4)46)32(55)57-14(6-41)22(29)49/h9,13-36,40-43,47-55H,5-8H2,1-4H3,(H,37,44)(H,38,45)(H,39,46)/t9-,13+,14+,15+,16+,17+,18+,19+,20+,21-,22-,23-,24+,25+,26+,27-,28+,29+,30-,31+,32?,33+,34-,35-,36-/m0/s1. The van der Waals surface area contributed by atoms with Crippen molar-refractivity contribution in [3.05, 3.63) is 0 Å². The van der Waals surface area contributed by atoms with Crippen LogP contribution in [0.3, 0.4) is 0 Å². The van der Waals surface area contributed by atoms with Crippen molar-refractivity contribution in [3.63, 3.8) is 0 Å². The molecule has 25 atom stereocenters. The smallest absolute Gasteiger partial charge is 0.217 e. The monoisotopic (exact) mass is 935 g/mol. The summed E-state index contributed by atoms with van der Waals surface area (Å²) in [5, 5.41) is 147. The van der Waals surface area contributed by atoms with Crippen molar-refractivity contribution in [2.45, 2.75) is 181 Å². The predicted octanol–water partition coefficient (Wildman–Crippen LogP) is -10.5. The van der Waals surface area contributed by atoms with Crippen LogP contribution >= 0.6 is 0 Å². The van der Waals surface area contributed by atoms with Crippen LogP contribution in [0.5, 0.6) is 0 Å². The Morgan fingerprint density at radius 2 is 0.828 bits per heavy atom. The SMILES string of the molecule is CC(=O)N[C@H]1[C@H](O[C@H]2[C@@H](O)[C@@H](CO)OC(O)[C@@H]2NC(C)=O)O[C@H](CO)[C@@H](O[C@@H]2O[C@H](CO)[C@H](O)[C@H](O[C@H]3O[C@H](CO)[C@H](O)[C@H](O)[C@H]3NC(C)=O)[C@H]2O[C@@H]2O[C@@H](C)[C@@H](O)[C@@H](O)[C@@H]2O)[C@@H]1O. The summed E-state index contributed by atoms with van der Waals surface area (Å²) in [7, 11) is 0. The van der Waals surface area contributed by atoms with Gasteiger partial charge in [0.2, 0.25) is 17.7 Å². The summed E-state index contributed by atoms with van der Waals surface area (Å²) in [4.78, 5) is 36.9. The Morgan fingerprint density at radius 1 is 0.406 bits per heavy atom. The Hall–Kier alpha value is -2.47. The van der Waals surface area contributed by atoms with Gasteiger partial charge < -0.3 is 125 Å². The third-order valence-corrected chi connectivity index (χ3v) is 11.5. The van der Waals surface area contributed by atoms with E-state index >= 15 is 0 Å². The summed E-state index contributed by atoms with van der Waals surface area (Å²) < 4.78 is 52.8. The maximum absolute atomic E-state index is 12.6. The Labute approximate surface area is 364 Å². The highest BCUT2D eigenvalue weighted by molar-refractivity contribution is 5.74. The fourth-order valence-electron chi connectivity index (χ4n) is 8.16. The Morgan fingerprint density at radius 3 is 1.38 bits per heavy atom. The first-order chi connectivity index (χ1) is 30.2. The van der Waals surface area contributed by atoms with Gasteiger partial charge in [0, 0.05) is 20.8 Å². The molecule has 0 aromatic rings. The Bertz CT molecular complexity index is 1540. The second-order valence-corrected chi connectivity index (χ2v) is 16.1. The van der Waals surface area contributed by atoms with E-state index in [1.165, 1.54) is 6.92 Å². The van der Waals surface area contributed by atoms with E-state index in [9.17, 15) is 80.8 Å². The molecule has 16 N–H and O–H groups in total. The summed E-state index contributed by atoms with van der Waals surface area (Å²) in [6.45, 7) is 0.737. The molecule has 0 aliphatic carbocycles. The lowest BCUT2D eigenvalue weighted by molar-refractivity contribution is -0.400. The maximum atomic E-state index is 12.6. The van der Waals surface area contributed by atoms with Gasteiger partial charge in [-0.3, -0.25) is 14.4 Å². The molecule has 5 aliphatic heterocycles. The normalized spacial score (nSPS) is 47.7. The molecule has 1 unspecified atom stereocenters. The maximum Gasteiger partial charge on any atom is 0.217 e. The van der Waals surface area contributed by atoms with Gasteiger partial charge in [0.1, 0.15) is 116 Å². The van der Waals surface area contributed by atoms with Crippen LogP contribution in [0.2, 0.25) is 0 Å². The van der Waals surface area contributed by atoms with Crippen LogP contribution < -0.4 is 16.0 Å². The van der Waals surface area contributed by atoms with Crippen LogP contribution in [-0.2, 0) is 57.0 Å². The molecule has 0 aromatic heterocycles. The number of rotatable bonds is 15. The molecule has 64 heavy (non-hydrogen) atoms. The molecule has 3 amide bonds. The molecule has 5 saturated heterocycles. The van der Waals surface area contributed by atoms with Crippen molar-refractivity contribution in [1.29, 1.82) is 0 Å². The van der Waals surface area contributed by atoms with E-state index in [-0.39, 0.29) is 0 Å². The molecule has 370 valence electrons. The van der Waals surface area contributed by atoms with Crippen molar-refractivity contribution < 1.29 is 123 Å². The van der Waals surface area contributed by atoms with Crippen molar-refractivity contribution >= 4 is 17.7 Å². The van der Waals surface area contributed by atoms with Crippen molar-refractivity contribution in [2.24, 2.45) is 0 Å². The number of hydrogen-bond acceptors (Lipinski definition) is 25. The van der Waals surface area contributed by atoms with Crippen LogP contribution in [0.15, 0.2) is 0 Å². The van der Waals surface area contributed by atoms with Gasteiger partial charge in [0.05, 0.1) is 32.5 Å². The molecule has 0 radical (unpaired) electrons. The third-order valence-electron chi connectivity index (χ3n) is 11.5. The van der Waals surface area contributed by atoms with E-state index in [0.717, 1.165) is 20.8 Å². The number of carbonyl (C=O) groups is 3. The van der Waals surface area contributed by atoms with Gasteiger partial charge in [0.25, 0.3) is 0 Å². The minimum absolute atomic E-state index is 0.715. The van der Waals surface area contributed by atoms with E-state index in [1.807, 2.05) is 0 Å². The van der Waals surface area contributed by atoms with Gasteiger partial charge in [-0.25, -0.2) is 0 Å². The second kappa shape index (κ2) is 22.6. The van der Waals surface area contributed by atoms with E-state index < -0.39 is 197 Å². The van der Waals surface area contributed by atoms with E-state index in [1.54, 1.807) is 0 Å². The van der Waals surface area contributed by atoms with Crippen LogP contribution in [0.25, 0.3) is 0 Å². The molecule has 5 heterocycles. The highest BCUT2D eigenvalue weighted by Gasteiger charge is 2.58. The second-order valence-electron chi connectivity index (χ2n) is 16.1. The van der Waals surface area contributed by atoms with E-state index in [4.69, 9.17) is 42.6 Å². The summed E-state index contributed by atoms with van der Waals surface area (Å²) in [6, 6.07) is -4.86. The summed E-state index contributed by atoms with van der Waals surface area (Å²) in [5.74, 6) is -2.28. The lowest BCUT2D eigenvalue weighted by atomic mass is 9.93. The summed E-state index contributed by atoms with van der Waals surface area (Å²) >= 11 is 0. The molecular formula is C36H61N3O25. The van der Waals surface area contributed by atoms with E-state index in [2.05, 4.69) is 16.0 Å². The summed E-state index contributed by atoms with van der Waals surface area (Å²) in [6.07, 6.45) is -39.7. The minimum atomic E-state index is -2.05. The first kappa shape index (κ1) is 52.5. The number of ether oxygens (including phenoxy) is 9. The number of carbonyl (C=O) groups excluding carboxylic acids is 3. The fourth-order valence-corrected chi connectivity index (χ4v) is 8.16. The minimum Gasteiger partial charge on any atom is -0.394 e. The molecule has 28 nitrogen and oxygen atoms in total. The highest BCUT2D eigenvalue weighted by Crippen LogP contribution is 2.37. The van der Waals surface area contributed by atoms with Gasteiger partial charge >= 0.3 is 0 Å². The Kier molecular flexibility index (Phi) is 18.5. The Balaban J connectivity index is 1.53. The number of aliphatic hydroxyl groups is 13. The molecular weight excluding hydrogens is 874 g/mol. The molecule has 28 heteroatoms. The van der Waals surface area contributed by atoms with Gasteiger partial charge in [0.15, 0.2) is 31.5 Å². The zero-order valence-corrected chi connectivity index (χ0v) is 35.0. The first-order valence-electron chi connectivity index (χ1n) is 20.4. The topological polar surface area (TPSA) is 433 Å². The van der Waals surface area contributed by atoms with Crippen LogP contribution in [0, 0.1) is 0 Å². The van der Waals surface area contributed by atoms with E-state index in [0.29, 0.717) is 0 Å². The lowest BCUT2D eigenvalue weighted by Gasteiger charge is -2.51. The van der Waals surface area contributed by atoms with Crippen LogP contribution in [0.4, 0.5) is 0 Å². The average molecular weight is 936 g/mol. The highest BCUT2D eigenvalue weighted by atomic mass is 16.8. The fraction of sp³-hybridized carbons (Fsp3) is 0.917. The summed E-state index contributed by atoms with van der Waals surface area (Å²) in [5.41, 5.74) is 0. The molecule has 0 aromatic carbocycles. The average Bonchev–Trinajstić information content (AvgIpc) is 3.24. The first-order valence-corrected chi connectivity index (χ1v) is 20.4. The molecule has 0 saturated carbocycles. The molecule has 0 spiro atoms. The number of nitrogens with one attached hydrogen (secondary N) is 3. The molecule has 5 aliphatic rings. The van der Waals surface area contributed by atoms with Gasteiger partial charge in [-0.05, 0) is 6.92 Å². The van der Waals surface area contributed by atoms with Crippen molar-refractivity contribution in [1.82, 2.24) is 16.0 Å². The lowest BCUT2D eigenvalue weighted by Crippen LogP contribution is -2.71. The van der Waals surface area contributed by atoms with Gasteiger partial charge in [-0.15, -0.1) is 0 Å². The largest absolute Gasteiger partial charge is 0.394 e. The number of amides is 3. The van der Waals surface area contributed by atoms with Crippen molar-refractivity contribution in [2.75, 3.05) is 26.4 Å². The quantitative estimate of drug-likeness (QED) is 0.0725. The zero-order valence-electron chi connectivity index (χ0n) is 35.0. The number of hydrogen-bond donors (Lipinski definition) is 16. The van der Waals surface area contributed by atoms with Crippen LogP contribution in [-0.4, -0.2) is 264 Å². The molecule has 0 bridgehead atoms. The van der Waals surface area contributed by atoms with Gasteiger partial charge in [-0.1, -0.05) is 0 Å². The zero-order chi connectivity index (χ0) is 47.5. The number of aliphatic hydroxyl groups excluding tert-OH is 13. The molecule has 5 fully saturated rings. The van der Waals surface area contributed by atoms with Crippen LogP contribution in [0.1, 0.15) is 27.7 Å².